The van der Waals surface area contributed by atoms with Crippen LogP contribution in [0.5, 0.6) is 5.75 Å². The first-order chi connectivity index (χ1) is 10.6. The summed E-state index contributed by atoms with van der Waals surface area (Å²) in [5, 5.41) is 10.3. The third kappa shape index (κ3) is 5.15. The molecule has 1 fully saturated rings. The van der Waals surface area contributed by atoms with Gasteiger partial charge < -0.3 is 14.7 Å². The third-order valence-electron chi connectivity index (χ3n) is 4.18. The summed E-state index contributed by atoms with van der Waals surface area (Å²) in [5.74, 6) is 2.28. The number of piperidine rings is 1. The average Bonchev–Trinajstić information content (AvgIpc) is 2.45. The lowest BCUT2D eigenvalue weighted by Gasteiger charge is -2.35. The van der Waals surface area contributed by atoms with E-state index in [2.05, 4.69) is 25.3 Å². The van der Waals surface area contributed by atoms with Gasteiger partial charge >= 0.3 is 0 Å². The van der Waals surface area contributed by atoms with E-state index in [1.54, 1.807) is 0 Å². The number of para-hydroxylation sites is 1. The second-order valence-corrected chi connectivity index (χ2v) is 6.73. The molecule has 1 aromatic carbocycles. The molecule has 1 aliphatic rings. The van der Waals surface area contributed by atoms with E-state index in [1.807, 2.05) is 30.3 Å². The van der Waals surface area contributed by atoms with Crippen LogP contribution in [0.3, 0.4) is 0 Å². The Morgan fingerprint density at radius 2 is 2.00 bits per heavy atom. The van der Waals surface area contributed by atoms with Gasteiger partial charge in [0, 0.05) is 19.6 Å². The van der Waals surface area contributed by atoms with Crippen molar-refractivity contribution in [3.05, 3.63) is 42.5 Å². The summed E-state index contributed by atoms with van der Waals surface area (Å²) < 4.78 is 5.82. The maximum absolute atomic E-state index is 10.3. The average molecular weight is 303 g/mol. The Bertz CT molecular complexity index is 464. The van der Waals surface area contributed by atoms with Crippen LogP contribution in [0.2, 0.25) is 0 Å². The van der Waals surface area contributed by atoms with E-state index >= 15 is 0 Å². The zero-order valence-electron chi connectivity index (χ0n) is 13.9. The molecule has 0 bridgehead atoms. The molecule has 3 heteroatoms. The Balaban J connectivity index is 1.82. The molecule has 1 heterocycles. The van der Waals surface area contributed by atoms with Crippen molar-refractivity contribution < 1.29 is 9.84 Å². The predicted molar refractivity (Wildman–Crippen MR) is 91.2 cm³/mol. The van der Waals surface area contributed by atoms with Crippen LogP contribution in [0.15, 0.2) is 36.9 Å². The van der Waals surface area contributed by atoms with Crippen LogP contribution in [0.25, 0.3) is 0 Å². The molecule has 1 aliphatic heterocycles. The van der Waals surface area contributed by atoms with Gasteiger partial charge in [-0.25, -0.2) is 0 Å². The Kier molecular flexibility index (Phi) is 6.47. The summed E-state index contributed by atoms with van der Waals surface area (Å²) in [5.41, 5.74) is 1.12. The Labute approximate surface area is 134 Å². The summed E-state index contributed by atoms with van der Waals surface area (Å²) in [6.07, 6.45) is 3.50. The van der Waals surface area contributed by atoms with Crippen LogP contribution in [0, 0.1) is 11.8 Å². The van der Waals surface area contributed by atoms with Crippen molar-refractivity contribution in [1.82, 2.24) is 4.90 Å². The largest absolute Gasteiger partial charge is 0.491 e. The highest BCUT2D eigenvalue weighted by molar-refractivity contribution is 5.34. The van der Waals surface area contributed by atoms with Crippen LogP contribution in [-0.2, 0) is 6.42 Å². The number of hydrogen-bond donors (Lipinski definition) is 1. The minimum absolute atomic E-state index is 0.341. The van der Waals surface area contributed by atoms with Crippen molar-refractivity contribution in [2.24, 2.45) is 11.8 Å². The van der Waals surface area contributed by atoms with Crippen LogP contribution in [0.4, 0.5) is 0 Å². The zero-order valence-corrected chi connectivity index (χ0v) is 13.9. The van der Waals surface area contributed by atoms with E-state index in [4.69, 9.17) is 4.74 Å². The minimum atomic E-state index is -0.450. The van der Waals surface area contributed by atoms with E-state index in [0.29, 0.717) is 25.0 Å². The molecule has 0 amide bonds. The topological polar surface area (TPSA) is 32.7 Å². The second kappa shape index (κ2) is 8.35. The molecular weight excluding hydrogens is 274 g/mol. The van der Waals surface area contributed by atoms with E-state index in [0.717, 1.165) is 30.8 Å². The lowest BCUT2D eigenvalue weighted by Crippen LogP contribution is -2.44. The third-order valence-corrected chi connectivity index (χ3v) is 4.18. The Morgan fingerprint density at radius 3 is 2.68 bits per heavy atom. The molecule has 1 N–H and O–H groups in total. The van der Waals surface area contributed by atoms with Crippen molar-refractivity contribution in [1.29, 1.82) is 0 Å². The lowest BCUT2D eigenvalue weighted by molar-refractivity contribution is 0.0427. The highest BCUT2D eigenvalue weighted by Crippen LogP contribution is 2.22. The number of β-amino-alcohol motifs (C(OH)–C–C–N with tert-alkyl or cyclic N) is 1. The quantitative estimate of drug-likeness (QED) is 0.786. The number of ether oxygens (including phenoxy) is 1. The maximum atomic E-state index is 10.3. The zero-order chi connectivity index (χ0) is 15.9. The van der Waals surface area contributed by atoms with Gasteiger partial charge in [-0.15, -0.1) is 6.58 Å². The lowest BCUT2D eigenvalue weighted by atomic mass is 9.92. The van der Waals surface area contributed by atoms with Crippen molar-refractivity contribution in [2.75, 3.05) is 26.2 Å². The van der Waals surface area contributed by atoms with Crippen molar-refractivity contribution in [3.8, 4) is 5.75 Å². The molecule has 0 unspecified atom stereocenters. The molecular formula is C19H29NO2. The molecule has 22 heavy (non-hydrogen) atoms. The van der Waals surface area contributed by atoms with Gasteiger partial charge in [0.15, 0.2) is 0 Å². The van der Waals surface area contributed by atoms with E-state index < -0.39 is 6.10 Å². The van der Waals surface area contributed by atoms with Crippen LogP contribution in [0.1, 0.15) is 25.8 Å². The number of benzene rings is 1. The summed E-state index contributed by atoms with van der Waals surface area (Å²) in [6.45, 7) is 11.5. The molecule has 2 rings (SSSR count). The first-order valence-corrected chi connectivity index (χ1v) is 8.30. The van der Waals surface area contributed by atoms with Gasteiger partial charge in [0.1, 0.15) is 18.5 Å². The molecule has 0 aliphatic carbocycles. The summed E-state index contributed by atoms with van der Waals surface area (Å²) in [4.78, 5) is 2.36. The van der Waals surface area contributed by atoms with E-state index in [1.165, 1.54) is 6.42 Å². The molecule has 3 atom stereocenters. The highest BCUT2D eigenvalue weighted by Gasteiger charge is 2.23. The van der Waals surface area contributed by atoms with Crippen molar-refractivity contribution in [3.63, 3.8) is 0 Å². The van der Waals surface area contributed by atoms with Crippen LogP contribution < -0.4 is 4.74 Å². The molecule has 0 spiro atoms. The summed E-state index contributed by atoms with van der Waals surface area (Å²) in [7, 11) is 0. The predicted octanol–water partition coefficient (Wildman–Crippen LogP) is 3.13. The van der Waals surface area contributed by atoms with Gasteiger partial charge in [0.25, 0.3) is 0 Å². The number of hydrogen-bond acceptors (Lipinski definition) is 3. The van der Waals surface area contributed by atoms with Crippen molar-refractivity contribution >= 4 is 0 Å². The standard InChI is InChI=1S/C19H29NO2/c1-4-7-17-8-5-6-9-19(17)22-14-18(21)13-20-11-15(2)10-16(3)12-20/h4-6,8-9,15-16,18,21H,1,7,10-14H2,2-3H3/t15-,16-,18+/m0/s1. The summed E-state index contributed by atoms with van der Waals surface area (Å²) in [6, 6.07) is 7.95. The fourth-order valence-corrected chi connectivity index (χ4v) is 3.45. The number of aliphatic hydroxyl groups excluding tert-OH is 1. The molecule has 122 valence electrons. The number of likely N-dealkylation sites (tertiary alicyclic amines) is 1. The minimum Gasteiger partial charge on any atom is -0.491 e. The molecule has 0 aromatic heterocycles. The molecule has 1 aromatic rings. The Hall–Kier alpha value is -1.32. The van der Waals surface area contributed by atoms with Gasteiger partial charge in [-0.05, 0) is 36.3 Å². The SMILES string of the molecule is C=CCc1ccccc1OC[C@H](O)CN1C[C@@H](C)C[C@H](C)C1. The number of aliphatic hydroxyl groups is 1. The molecule has 0 saturated carbocycles. The first-order valence-electron chi connectivity index (χ1n) is 8.30. The Morgan fingerprint density at radius 1 is 1.32 bits per heavy atom. The second-order valence-electron chi connectivity index (χ2n) is 6.73. The van der Waals surface area contributed by atoms with E-state index in [9.17, 15) is 5.11 Å². The smallest absolute Gasteiger partial charge is 0.122 e. The maximum Gasteiger partial charge on any atom is 0.122 e. The van der Waals surface area contributed by atoms with E-state index in [-0.39, 0.29) is 0 Å². The van der Waals surface area contributed by atoms with Gasteiger partial charge in [0.2, 0.25) is 0 Å². The molecule has 3 nitrogen and oxygen atoms in total. The molecule has 1 saturated heterocycles. The number of rotatable bonds is 7. The normalized spacial score (nSPS) is 24.0. The number of nitrogens with zero attached hydrogens (tertiary/aromatic N) is 1. The fourth-order valence-electron chi connectivity index (χ4n) is 3.45. The van der Waals surface area contributed by atoms with Crippen LogP contribution in [-0.4, -0.2) is 42.4 Å². The fraction of sp³-hybridized carbons (Fsp3) is 0.579. The molecule has 0 radical (unpaired) electrons. The van der Waals surface area contributed by atoms with Gasteiger partial charge in [-0.2, -0.15) is 0 Å². The first kappa shape index (κ1) is 17.0. The summed E-state index contributed by atoms with van der Waals surface area (Å²) >= 11 is 0. The number of allylic oxidation sites excluding steroid dienone is 1. The van der Waals surface area contributed by atoms with Crippen LogP contribution >= 0.6 is 0 Å². The van der Waals surface area contributed by atoms with Gasteiger partial charge in [0.05, 0.1) is 0 Å². The van der Waals surface area contributed by atoms with Gasteiger partial charge in [-0.1, -0.05) is 38.1 Å². The van der Waals surface area contributed by atoms with Gasteiger partial charge in [-0.3, -0.25) is 0 Å². The van der Waals surface area contributed by atoms with Crippen molar-refractivity contribution in [2.45, 2.75) is 32.8 Å². The monoisotopic (exact) mass is 303 g/mol. The highest BCUT2D eigenvalue weighted by atomic mass is 16.5.